The quantitative estimate of drug-likeness (QED) is 0.755. The van der Waals surface area contributed by atoms with E-state index >= 15 is 0 Å². The summed E-state index contributed by atoms with van der Waals surface area (Å²) in [6.45, 7) is 2.32. The van der Waals surface area contributed by atoms with Crippen molar-refractivity contribution in [1.29, 1.82) is 0 Å². The number of likely N-dealkylation sites (N-methyl/N-ethyl adjacent to an activating group) is 1. The highest BCUT2D eigenvalue weighted by Crippen LogP contribution is 2.23. The first kappa shape index (κ1) is 15.8. The molecule has 1 saturated carbocycles. The van der Waals surface area contributed by atoms with Crippen LogP contribution in [-0.2, 0) is 4.79 Å². The van der Waals surface area contributed by atoms with Gasteiger partial charge in [-0.1, -0.05) is 12.8 Å². The molecule has 1 rings (SSSR count). The number of nitrogens with one attached hydrogen (secondary N) is 1. The van der Waals surface area contributed by atoms with E-state index in [2.05, 4.69) is 5.32 Å². The predicted molar refractivity (Wildman–Crippen MR) is 73.1 cm³/mol. The maximum atomic E-state index is 12.1. The van der Waals surface area contributed by atoms with E-state index in [1.54, 1.807) is 0 Å². The first-order valence-electron chi connectivity index (χ1n) is 6.84. The van der Waals surface area contributed by atoms with Crippen LogP contribution in [-0.4, -0.2) is 66.2 Å². The molecule has 0 aliphatic heterocycles. The summed E-state index contributed by atoms with van der Waals surface area (Å²) in [5.74, 6) is -0.956. The van der Waals surface area contributed by atoms with E-state index in [1.165, 1.54) is 4.90 Å². The Labute approximate surface area is 114 Å². The van der Waals surface area contributed by atoms with Gasteiger partial charge in [0.25, 0.3) is 0 Å². The first-order chi connectivity index (χ1) is 8.91. The molecule has 1 fully saturated rings. The summed E-state index contributed by atoms with van der Waals surface area (Å²) in [6, 6.07) is 0.0352. The minimum Gasteiger partial charge on any atom is -0.480 e. The Hall–Kier alpha value is -1.30. The van der Waals surface area contributed by atoms with Crippen LogP contribution in [0.2, 0.25) is 0 Å². The van der Waals surface area contributed by atoms with Crippen molar-refractivity contribution in [3.05, 3.63) is 0 Å². The van der Waals surface area contributed by atoms with Gasteiger partial charge in [-0.05, 0) is 33.9 Å². The number of carbonyl (C=O) groups excluding carboxylic acids is 1. The molecule has 1 aliphatic rings. The second-order valence-electron chi connectivity index (χ2n) is 5.46. The van der Waals surface area contributed by atoms with Gasteiger partial charge >= 0.3 is 12.0 Å². The number of carboxylic acid groups (broad SMARTS) is 1. The molecule has 1 atom stereocenters. The molecule has 2 amide bonds. The lowest BCUT2D eigenvalue weighted by Gasteiger charge is -2.29. The summed E-state index contributed by atoms with van der Waals surface area (Å²) in [7, 11) is 3.89. The average Bonchev–Trinajstić information content (AvgIpc) is 2.85. The third-order valence-corrected chi connectivity index (χ3v) is 3.76. The van der Waals surface area contributed by atoms with Gasteiger partial charge in [0, 0.05) is 18.6 Å². The summed E-state index contributed by atoms with van der Waals surface area (Å²) in [4.78, 5) is 26.5. The zero-order valence-electron chi connectivity index (χ0n) is 12.1. The first-order valence-corrected chi connectivity index (χ1v) is 6.84. The highest BCUT2D eigenvalue weighted by Gasteiger charge is 2.28. The molecule has 1 unspecified atom stereocenters. The van der Waals surface area contributed by atoms with Crippen LogP contribution in [0.15, 0.2) is 0 Å². The largest absolute Gasteiger partial charge is 0.480 e. The summed E-state index contributed by atoms with van der Waals surface area (Å²) in [5.41, 5.74) is 0. The van der Waals surface area contributed by atoms with Gasteiger partial charge in [0.2, 0.25) is 0 Å². The number of hydrogen-bond acceptors (Lipinski definition) is 3. The predicted octanol–water partition coefficient (Wildman–Crippen LogP) is 0.975. The summed E-state index contributed by atoms with van der Waals surface area (Å²) >= 11 is 0. The Morgan fingerprint density at radius 2 is 1.89 bits per heavy atom. The molecule has 0 aromatic carbocycles. The Bertz CT molecular complexity index is 314. The van der Waals surface area contributed by atoms with Crippen LogP contribution in [0.4, 0.5) is 4.79 Å². The lowest BCUT2D eigenvalue weighted by Crippen LogP contribution is -2.50. The van der Waals surface area contributed by atoms with Gasteiger partial charge in [0.15, 0.2) is 0 Å². The Morgan fingerprint density at radius 1 is 1.32 bits per heavy atom. The number of hydrogen-bond donors (Lipinski definition) is 2. The minimum atomic E-state index is -0.956. The van der Waals surface area contributed by atoms with Crippen LogP contribution >= 0.6 is 0 Å². The molecule has 1 aliphatic carbocycles. The topological polar surface area (TPSA) is 72.9 Å². The molecular weight excluding hydrogens is 246 g/mol. The Kier molecular flexibility index (Phi) is 6.08. The van der Waals surface area contributed by atoms with Crippen LogP contribution in [0.5, 0.6) is 0 Å². The van der Waals surface area contributed by atoms with Crippen molar-refractivity contribution in [3.63, 3.8) is 0 Å². The van der Waals surface area contributed by atoms with Crippen molar-refractivity contribution in [1.82, 2.24) is 15.1 Å². The zero-order valence-corrected chi connectivity index (χ0v) is 12.1. The van der Waals surface area contributed by atoms with Gasteiger partial charge in [-0.2, -0.15) is 0 Å². The average molecular weight is 271 g/mol. The van der Waals surface area contributed by atoms with Gasteiger partial charge in [-0.25, -0.2) is 4.79 Å². The third kappa shape index (κ3) is 5.06. The Morgan fingerprint density at radius 3 is 2.37 bits per heavy atom. The van der Waals surface area contributed by atoms with E-state index in [0.717, 1.165) is 25.7 Å². The van der Waals surface area contributed by atoms with Crippen LogP contribution in [0, 0.1) is 0 Å². The fraction of sp³-hybridized carbons (Fsp3) is 0.846. The molecule has 0 heterocycles. The summed E-state index contributed by atoms with van der Waals surface area (Å²) < 4.78 is 0. The molecule has 2 N–H and O–H groups in total. The van der Waals surface area contributed by atoms with Crippen LogP contribution in [0.3, 0.4) is 0 Å². The fourth-order valence-electron chi connectivity index (χ4n) is 2.25. The number of rotatable bonds is 6. The standard InChI is InChI=1S/C13H25N3O3/c1-10(15(2)3)8-14-13(19)16(9-12(17)18)11-6-4-5-7-11/h10-11H,4-9H2,1-3H3,(H,14,19)(H,17,18). The molecule has 19 heavy (non-hydrogen) atoms. The molecule has 0 aromatic heterocycles. The second-order valence-corrected chi connectivity index (χ2v) is 5.46. The van der Waals surface area contributed by atoms with E-state index in [9.17, 15) is 9.59 Å². The van der Waals surface area contributed by atoms with Crippen LogP contribution in [0.1, 0.15) is 32.6 Å². The van der Waals surface area contributed by atoms with Crippen LogP contribution in [0.25, 0.3) is 0 Å². The number of amides is 2. The summed E-state index contributed by atoms with van der Waals surface area (Å²) in [5, 5.41) is 11.8. The van der Waals surface area contributed by atoms with Crippen molar-refractivity contribution in [3.8, 4) is 0 Å². The SMILES string of the molecule is CC(CNC(=O)N(CC(=O)O)C1CCCC1)N(C)C. The monoisotopic (exact) mass is 271 g/mol. The second kappa shape index (κ2) is 7.33. The van der Waals surface area contributed by atoms with Gasteiger partial charge < -0.3 is 20.2 Å². The third-order valence-electron chi connectivity index (χ3n) is 3.76. The number of carbonyl (C=O) groups is 2. The molecule has 110 valence electrons. The lowest BCUT2D eigenvalue weighted by molar-refractivity contribution is -0.138. The minimum absolute atomic E-state index is 0.0748. The van der Waals surface area contributed by atoms with E-state index in [0.29, 0.717) is 6.54 Å². The molecule has 6 nitrogen and oxygen atoms in total. The van der Waals surface area contributed by atoms with Crippen molar-refractivity contribution < 1.29 is 14.7 Å². The highest BCUT2D eigenvalue weighted by molar-refractivity contribution is 5.80. The maximum Gasteiger partial charge on any atom is 0.323 e. The normalized spacial score (nSPS) is 17.5. The van der Waals surface area contributed by atoms with E-state index in [-0.39, 0.29) is 24.7 Å². The van der Waals surface area contributed by atoms with E-state index in [4.69, 9.17) is 5.11 Å². The molecular formula is C13H25N3O3. The van der Waals surface area contributed by atoms with Gasteiger partial charge in [0.1, 0.15) is 6.54 Å². The van der Waals surface area contributed by atoms with Crippen LogP contribution < -0.4 is 5.32 Å². The number of aliphatic carboxylic acids is 1. The van der Waals surface area contributed by atoms with Crippen molar-refractivity contribution in [2.75, 3.05) is 27.2 Å². The lowest BCUT2D eigenvalue weighted by atomic mass is 10.2. The summed E-state index contributed by atoms with van der Waals surface area (Å²) in [6.07, 6.45) is 3.96. The Balaban J connectivity index is 2.53. The fourth-order valence-corrected chi connectivity index (χ4v) is 2.25. The molecule has 6 heteroatoms. The van der Waals surface area contributed by atoms with Gasteiger partial charge in [-0.15, -0.1) is 0 Å². The van der Waals surface area contributed by atoms with Gasteiger partial charge in [0.05, 0.1) is 0 Å². The molecule has 0 saturated heterocycles. The maximum absolute atomic E-state index is 12.1. The van der Waals surface area contributed by atoms with Crippen molar-refractivity contribution >= 4 is 12.0 Å². The number of nitrogens with zero attached hydrogens (tertiary/aromatic N) is 2. The molecule has 0 radical (unpaired) electrons. The zero-order chi connectivity index (χ0) is 14.4. The van der Waals surface area contributed by atoms with E-state index in [1.807, 2.05) is 25.9 Å². The van der Waals surface area contributed by atoms with Crippen molar-refractivity contribution in [2.24, 2.45) is 0 Å². The highest BCUT2D eigenvalue weighted by atomic mass is 16.4. The smallest absolute Gasteiger partial charge is 0.323 e. The van der Waals surface area contributed by atoms with Crippen molar-refractivity contribution in [2.45, 2.75) is 44.7 Å². The number of urea groups is 1. The number of carboxylic acids is 1. The molecule has 0 spiro atoms. The molecule has 0 aromatic rings. The molecule has 0 bridgehead atoms. The van der Waals surface area contributed by atoms with Gasteiger partial charge in [-0.3, -0.25) is 4.79 Å². The van der Waals surface area contributed by atoms with E-state index < -0.39 is 5.97 Å².